The van der Waals surface area contributed by atoms with Gasteiger partial charge in [0.2, 0.25) is 5.91 Å². The van der Waals surface area contributed by atoms with Crippen molar-refractivity contribution in [3.05, 3.63) is 64.7 Å². The van der Waals surface area contributed by atoms with E-state index in [0.29, 0.717) is 36.5 Å². The van der Waals surface area contributed by atoms with E-state index in [1.54, 1.807) is 23.1 Å². The number of likely N-dealkylation sites (tertiary alicyclic amines) is 1. The first-order valence-corrected chi connectivity index (χ1v) is 11.9. The molecule has 1 saturated heterocycles. The normalized spacial score (nSPS) is 16.0. The number of fused-ring (bicyclic) bond motifs is 1. The maximum atomic E-state index is 13.0. The molecule has 2 aromatic carbocycles. The van der Waals surface area contributed by atoms with Crippen LogP contribution >= 0.6 is 0 Å². The second kappa shape index (κ2) is 10.6. The highest BCUT2D eigenvalue weighted by Gasteiger charge is 2.27. The number of nitrogens with two attached hydrogens (primary N) is 1. The summed E-state index contributed by atoms with van der Waals surface area (Å²) in [5.74, 6) is 1.00. The molecule has 1 fully saturated rings. The van der Waals surface area contributed by atoms with Crippen molar-refractivity contribution in [1.29, 1.82) is 10.8 Å². The molecule has 9 heteroatoms. The number of amidine groups is 2. The van der Waals surface area contributed by atoms with Gasteiger partial charge in [0.05, 0.1) is 12.4 Å². The van der Waals surface area contributed by atoms with E-state index in [2.05, 4.69) is 10.2 Å². The maximum Gasteiger partial charge on any atom is 0.254 e. The largest absolute Gasteiger partial charge is 0.490 e. The van der Waals surface area contributed by atoms with E-state index in [1.807, 2.05) is 31.2 Å². The molecule has 2 aliphatic rings. The van der Waals surface area contributed by atoms with Crippen LogP contribution in [0.2, 0.25) is 0 Å². The van der Waals surface area contributed by atoms with Gasteiger partial charge in [0.15, 0.2) is 0 Å². The fraction of sp³-hybridized carbons (Fsp3) is 0.385. The van der Waals surface area contributed by atoms with E-state index < -0.39 is 0 Å². The first kappa shape index (κ1) is 24.3. The zero-order chi connectivity index (χ0) is 24.9. The van der Waals surface area contributed by atoms with Gasteiger partial charge in [-0.1, -0.05) is 24.3 Å². The molecule has 2 aromatic rings. The number of hydrogen-bond donors (Lipinski definition) is 4. The minimum atomic E-state index is -0.219. The SMILES string of the molecule is CC(=N)N1CCC(Oc2ccc3c(c2)CCN(CC(=O)NCc2ccc(C(=N)N)cc2)C3=O)CC1. The van der Waals surface area contributed by atoms with Gasteiger partial charge in [-0.05, 0) is 42.7 Å². The molecule has 0 atom stereocenters. The van der Waals surface area contributed by atoms with E-state index in [0.717, 1.165) is 42.8 Å². The Labute approximate surface area is 205 Å². The number of ether oxygens (including phenoxy) is 1. The second-order valence-electron chi connectivity index (χ2n) is 9.07. The summed E-state index contributed by atoms with van der Waals surface area (Å²) in [5.41, 5.74) is 8.55. The van der Waals surface area contributed by atoms with Gasteiger partial charge in [-0.3, -0.25) is 20.4 Å². The van der Waals surface area contributed by atoms with Crippen LogP contribution in [0.3, 0.4) is 0 Å². The minimum absolute atomic E-state index is 0.00242. The number of nitrogen functional groups attached to an aromatic ring is 1. The number of nitrogens with one attached hydrogen (secondary N) is 3. The summed E-state index contributed by atoms with van der Waals surface area (Å²) in [5, 5.41) is 18.0. The third-order valence-corrected chi connectivity index (χ3v) is 6.55. The minimum Gasteiger partial charge on any atom is -0.490 e. The topological polar surface area (TPSA) is 136 Å². The van der Waals surface area contributed by atoms with Crippen molar-refractivity contribution < 1.29 is 14.3 Å². The molecule has 2 aliphatic heterocycles. The molecule has 35 heavy (non-hydrogen) atoms. The number of carbonyl (C=O) groups excluding carboxylic acids is 2. The fourth-order valence-corrected chi connectivity index (χ4v) is 4.47. The van der Waals surface area contributed by atoms with Crippen LogP contribution < -0.4 is 15.8 Å². The molecule has 0 unspecified atom stereocenters. The Bertz CT molecular complexity index is 1120. The van der Waals surface area contributed by atoms with Crippen molar-refractivity contribution in [2.75, 3.05) is 26.2 Å². The number of hydrogen-bond acceptors (Lipinski definition) is 5. The van der Waals surface area contributed by atoms with Crippen LogP contribution in [0, 0.1) is 10.8 Å². The van der Waals surface area contributed by atoms with Crippen LogP contribution in [-0.4, -0.2) is 65.6 Å². The molecular formula is C26H32N6O3. The average molecular weight is 477 g/mol. The van der Waals surface area contributed by atoms with Crippen molar-refractivity contribution in [3.63, 3.8) is 0 Å². The standard InChI is InChI=1S/C26H32N6O3/c1-17(27)31-12-9-21(10-13-31)35-22-6-7-23-20(14-22)8-11-32(26(23)34)16-24(33)30-15-18-2-4-19(5-3-18)25(28)29/h2-7,14,21,27H,8-13,15-16H2,1H3,(H3,28,29)(H,30,33). The number of piperidine rings is 1. The Morgan fingerprint density at radius 1 is 1.11 bits per heavy atom. The second-order valence-corrected chi connectivity index (χ2v) is 9.07. The molecule has 2 heterocycles. The lowest BCUT2D eigenvalue weighted by Crippen LogP contribution is -2.44. The molecule has 0 aromatic heterocycles. The first-order valence-electron chi connectivity index (χ1n) is 11.9. The van der Waals surface area contributed by atoms with Crippen molar-refractivity contribution in [2.24, 2.45) is 5.73 Å². The van der Waals surface area contributed by atoms with E-state index in [9.17, 15) is 9.59 Å². The molecule has 0 radical (unpaired) electrons. The summed E-state index contributed by atoms with van der Waals surface area (Å²) in [7, 11) is 0. The molecule has 184 valence electrons. The van der Waals surface area contributed by atoms with Gasteiger partial charge in [0.1, 0.15) is 17.7 Å². The predicted molar refractivity (Wildman–Crippen MR) is 134 cm³/mol. The summed E-state index contributed by atoms with van der Waals surface area (Å²) >= 11 is 0. The van der Waals surface area contributed by atoms with Crippen LogP contribution in [-0.2, 0) is 17.8 Å². The van der Waals surface area contributed by atoms with Gasteiger partial charge in [0, 0.05) is 50.1 Å². The third-order valence-electron chi connectivity index (χ3n) is 6.55. The number of rotatable bonds is 7. The highest BCUT2D eigenvalue weighted by atomic mass is 16.5. The Hall–Kier alpha value is -3.88. The van der Waals surface area contributed by atoms with E-state index >= 15 is 0 Å². The highest BCUT2D eigenvalue weighted by molar-refractivity contribution is 5.99. The molecule has 0 bridgehead atoms. The van der Waals surface area contributed by atoms with Crippen molar-refractivity contribution in [3.8, 4) is 5.75 Å². The zero-order valence-corrected chi connectivity index (χ0v) is 20.0. The van der Waals surface area contributed by atoms with Gasteiger partial charge in [0.25, 0.3) is 5.91 Å². The maximum absolute atomic E-state index is 13.0. The van der Waals surface area contributed by atoms with Crippen LogP contribution in [0.25, 0.3) is 0 Å². The molecule has 2 amide bonds. The first-order chi connectivity index (χ1) is 16.8. The third kappa shape index (κ3) is 5.98. The smallest absolute Gasteiger partial charge is 0.254 e. The number of amides is 2. The summed E-state index contributed by atoms with van der Waals surface area (Å²) < 4.78 is 6.17. The zero-order valence-electron chi connectivity index (χ0n) is 20.0. The fourth-order valence-electron chi connectivity index (χ4n) is 4.47. The van der Waals surface area contributed by atoms with E-state index in [4.69, 9.17) is 21.3 Å². The highest BCUT2D eigenvalue weighted by Crippen LogP contribution is 2.26. The lowest BCUT2D eigenvalue weighted by Gasteiger charge is -2.33. The molecule has 5 N–H and O–H groups in total. The van der Waals surface area contributed by atoms with Gasteiger partial charge in [-0.2, -0.15) is 0 Å². The number of benzene rings is 2. The summed E-state index contributed by atoms with van der Waals surface area (Å²) in [6.45, 7) is 4.28. The predicted octanol–water partition coefficient (Wildman–Crippen LogP) is 2.13. The van der Waals surface area contributed by atoms with E-state index in [-0.39, 0.29) is 30.3 Å². The average Bonchev–Trinajstić information content (AvgIpc) is 2.85. The Morgan fingerprint density at radius 3 is 2.49 bits per heavy atom. The molecule has 9 nitrogen and oxygen atoms in total. The monoisotopic (exact) mass is 476 g/mol. The van der Waals surface area contributed by atoms with Gasteiger partial charge < -0.3 is 25.6 Å². The summed E-state index contributed by atoms with van der Waals surface area (Å²) in [6.07, 6.45) is 2.52. The molecular weight excluding hydrogens is 444 g/mol. The molecule has 4 rings (SSSR count). The Kier molecular flexibility index (Phi) is 7.33. The van der Waals surface area contributed by atoms with Crippen LogP contribution in [0.4, 0.5) is 0 Å². The van der Waals surface area contributed by atoms with Crippen molar-refractivity contribution >= 4 is 23.5 Å². The van der Waals surface area contributed by atoms with E-state index in [1.165, 1.54) is 0 Å². The van der Waals surface area contributed by atoms with Gasteiger partial charge in [-0.15, -0.1) is 0 Å². The van der Waals surface area contributed by atoms with Crippen molar-refractivity contribution in [1.82, 2.24) is 15.1 Å². The Morgan fingerprint density at radius 2 is 1.83 bits per heavy atom. The lowest BCUT2D eigenvalue weighted by atomic mass is 9.98. The molecule has 0 aliphatic carbocycles. The van der Waals surface area contributed by atoms with Crippen molar-refractivity contribution in [2.45, 2.75) is 38.8 Å². The molecule has 0 saturated carbocycles. The molecule has 0 spiro atoms. The number of carbonyl (C=O) groups is 2. The van der Waals surface area contributed by atoms with Crippen LogP contribution in [0.5, 0.6) is 5.75 Å². The lowest BCUT2D eigenvalue weighted by molar-refractivity contribution is -0.122. The Balaban J connectivity index is 1.28. The summed E-state index contributed by atoms with van der Waals surface area (Å²) in [6, 6.07) is 12.7. The van der Waals surface area contributed by atoms with Crippen LogP contribution in [0.1, 0.15) is 46.8 Å². The summed E-state index contributed by atoms with van der Waals surface area (Å²) in [4.78, 5) is 29.1. The quantitative estimate of drug-likeness (QED) is 0.359. The number of nitrogens with zero attached hydrogens (tertiary/aromatic N) is 2. The van der Waals surface area contributed by atoms with Gasteiger partial charge in [-0.25, -0.2) is 0 Å². The van der Waals surface area contributed by atoms with Gasteiger partial charge >= 0.3 is 0 Å². The van der Waals surface area contributed by atoms with Crippen LogP contribution in [0.15, 0.2) is 42.5 Å².